The van der Waals surface area contributed by atoms with E-state index < -0.39 is 6.43 Å². The molecule has 152 valence electrons. The van der Waals surface area contributed by atoms with Crippen LogP contribution in [-0.4, -0.2) is 56.5 Å². The SMILES string of the molecule is Cc1cccc(CN2CCN(C(=O)c3cnn4c(C(F)F)cc(C)nc34)CC2)c1. The predicted octanol–water partition coefficient (Wildman–Crippen LogP) is 3.24. The molecule has 1 saturated heterocycles. The van der Waals surface area contributed by atoms with Gasteiger partial charge in [-0.2, -0.15) is 5.10 Å². The summed E-state index contributed by atoms with van der Waals surface area (Å²) in [4.78, 5) is 21.3. The number of amides is 1. The molecule has 0 bridgehead atoms. The Kier molecular flexibility index (Phi) is 5.27. The number of nitrogens with zero attached hydrogens (tertiary/aromatic N) is 5. The van der Waals surface area contributed by atoms with E-state index in [-0.39, 0.29) is 22.8 Å². The second kappa shape index (κ2) is 7.87. The third kappa shape index (κ3) is 3.98. The molecule has 3 heterocycles. The fourth-order valence-corrected chi connectivity index (χ4v) is 3.77. The Morgan fingerprint density at radius 3 is 2.59 bits per heavy atom. The van der Waals surface area contributed by atoms with E-state index >= 15 is 0 Å². The molecular formula is C21H23F2N5O. The van der Waals surface area contributed by atoms with Crippen LogP contribution in [0, 0.1) is 13.8 Å². The number of benzene rings is 1. The van der Waals surface area contributed by atoms with E-state index in [4.69, 9.17) is 0 Å². The number of halogens is 2. The molecule has 4 rings (SSSR count). The Morgan fingerprint density at radius 2 is 1.90 bits per heavy atom. The van der Waals surface area contributed by atoms with Crippen molar-refractivity contribution in [3.05, 3.63) is 64.6 Å². The van der Waals surface area contributed by atoms with Gasteiger partial charge in [0.2, 0.25) is 0 Å². The van der Waals surface area contributed by atoms with E-state index in [1.807, 2.05) is 0 Å². The summed E-state index contributed by atoms with van der Waals surface area (Å²) in [6, 6.07) is 9.70. The normalized spacial score (nSPS) is 15.4. The molecule has 2 aromatic heterocycles. The Bertz CT molecular complexity index is 1040. The molecule has 1 fully saturated rings. The predicted molar refractivity (Wildman–Crippen MR) is 105 cm³/mol. The van der Waals surface area contributed by atoms with Gasteiger partial charge in [-0.25, -0.2) is 18.3 Å². The number of aromatic nitrogens is 3. The van der Waals surface area contributed by atoms with Crippen LogP contribution in [-0.2, 0) is 6.54 Å². The summed E-state index contributed by atoms with van der Waals surface area (Å²) in [6.45, 7) is 7.23. The van der Waals surface area contributed by atoms with Crippen molar-refractivity contribution in [2.24, 2.45) is 0 Å². The second-order valence-corrected chi connectivity index (χ2v) is 7.47. The molecule has 1 aliphatic rings. The minimum atomic E-state index is -2.69. The third-order valence-electron chi connectivity index (χ3n) is 5.23. The highest BCUT2D eigenvalue weighted by Crippen LogP contribution is 2.22. The molecule has 1 aliphatic heterocycles. The van der Waals surface area contributed by atoms with Crippen LogP contribution in [0.15, 0.2) is 36.5 Å². The number of carbonyl (C=O) groups excluding carboxylic acids is 1. The first-order chi connectivity index (χ1) is 13.9. The summed E-state index contributed by atoms with van der Waals surface area (Å²) in [5.74, 6) is -0.214. The number of hydrogen-bond acceptors (Lipinski definition) is 4. The van der Waals surface area contributed by atoms with Gasteiger partial charge in [-0.1, -0.05) is 29.8 Å². The molecule has 0 aliphatic carbocycles. The van der Waals surface area contributed by atoms with Crippen molar-refractivity contribution in [1.29, 1.82) is 0 Å². The van der Waals surface area contributed by atoms with Crippen molar-refractivity contribution in [1.82, 2.24) is 24.4 Å². The van der Waals surface area contributed by atoms with Gasteiger partial charge in [0.25, 0.3) is 12.3 Å². The maximum atomic E-state index is 13.3. The van der Waals surface area contributed by atoms with Crippen molar-refractivity contribution in [3.63, 3.8) is 0 Å². The van der Waals surface area contributed by atoms with Gasteiger partial charge in [-0.05, 0) is 25.5 Å². The number of rotatable bonds is 4. The van der Waals surface area contributed by atoms with Crippen molar-refractivity contribution in [3.8, 4) is 0 Å². The number of piperazine rings is 1. The maximum absolute atomic E-state index is 13.3. The molecule has 0 atom stereocenters. The molecule has 0 saturated carbocycles. The Labute approximate surface area is 167 Å². The lowest BCUT2D eigenvalue weighted by atomic mass is 10.1. The summed E-state index contributed by atoms with van der Waals surface area (Å²) in [5.41, 5.74) is 3.12. The average molecular weight is 399 g/mol. The molecule has 0 N–H and O–H groups in total. The minimum Gasteiger partial charge on any atom is -0.336 e. The topological polar surface area (TPSA) is 53.7 Å². The first-order valence-electron chi connectivity index (χ1n) is 9.63. The summed E-state index contributed by atoms with van der Waals surface area (Å²) < 4.78 is 27.7. The molecule has 6 nitrogen and oxygen atoms in total. The zero-order valence-corrected chi connectivity index (χ0v) is 16.5. The zero-order valence-electron chi connectivity index (χ0n) is 16.5. The van der Waals surface area contributed by atoms with Crippen LogP contribution in [0.1, 0.15) is 39.3 Å². The lowest BCUT2D eigenvalue weighted by Gasteiger charge is -2.34. The standard InChI is InChI=1S/C21H23F2N5O/c1-14-4-3-5-16(10-14)13-26-6-8-27(9-7-26)21(29)17-12-24-28-18(19(22)23)11-15(2)25-20(17)28/h3-5,10-12,19H,6-9,13H2,1-2H3. The fourth-order valence-electron chi connectivity index (χ4n) is 3.77. The van der Waals surface area contributed by atoms with Crippen LogP contribution in [0.5, 0.6) is 0 Å². The molecule has 8 heteroatoms. The van der Waals surface area contributed by atoms with Crippen LogP contribution >= 0.6 is 0 Å². The average Bonchev–Trinajstić information content (AvgIpc) is 3.11. The number of carbonyl (C=O) groups is 1. The van der Waals surface area contributed by atoms with E-state index in [0.717, 1.165) is 24.1 Å². The van der Waals surface area contributed by atoms with Crippen LogP contribution in [0.3, 0.4) is 0 Å². The number of alkyl halides is 2. The summed E-state index contributed by atoms with van der Waals surface area (Å²) in [5, 5.41) is 3.99. The van der Waals surface area contributed by atoms with E-state index in [2.05, 4.69) is 46.2 Å². The smallest absolute Gasteiger partial charge is 0.280 e. The third-order valence-corrected chi connectivity index (χ3v) is 5.23. The van der Waals surface area contributed by atoms with E-state index in [9.17, 15) is 13.6 Å². The zero-order chi connectivity index (χ0) is 20.5. The molecule has 0 radical (unpaired) electrons. The molecule has 0 unspecified atom stereocenters. The van der Waals surface area contributed by atoms with Crippen LogP contribution < -0.4 is 0 Å². The fraction of sp³-hybridized carbons (Fsp3) is 0.381. The highest BCUT2D eigenvalue weighted by Gasteiger charge is 2.26. The second-order valence-electron chi connectivity index (χ2n) is 7.47. The molecular weight excluding hydrogens is 376 g/mol. The maximum Gasteiger partial charge on any atom is 0.280 e. The molecule has 1 amide bonds. The molecule has 0 spiro atoms. The van der Waals surface area contributed by atoms with Gasteiger partial charge in [-0.15, -0.1) is 0 Å². The van der Waals surface area contributed by atoms with E-state index in [1.165, 1.54) is 23.4 Å². The van der Waals surface area contributed by atoms with Gasteiger partial charge >= 0.3 is 0 Å². The van der Waals surface area contributed by atoms with Gasteiger partial charge < -0.3 is 4.90 Å². The van der Waals surface area contributed by atoms with Crippen LogP contribution in [0.2, 0.25) is 0 Å². The van der Waals surface area contributed by atoms with E-state index in [0.29, 0.717) is 18.8 Å². The van der Waals surface area contributed by atoms with Crippen LogP contribution in [0.4, 0.5) is 8.78 Å². The first kappa shape index (κ1) is 19.4. The lowest BCUT2D eigenvalue weighted by Crippen LogP contribution is -2.48. The summed E-state index contributed by atoms with van der Waals surface area (Å²) in [7, 11) is 0. The minimum absolute atomic E-state index is 0.187. The van der Waals surface area contributed by atoms with E-state index in [1.54, 1.807) is 11.8 Å². The lowest BCUT2D eigenvalue weighted by molar-refractivity contribution is 0.0630. The highest BCUT2D eigenvalue weighted by molar-refractivity contribution is 5.99. The highest BCUT2D eigenvalue weighted by atomic mass is 19.3. The summed E-state index contributed by atoms with van der Waals surface area (Å²) in [6.07, 6.45) is -1.35. The Hall–Kier alpha value is -2.87. The number of fused-ring (bicyclic) bond motifs is 1. The van der Waals surface area contributed by atoms with Crippen LogP contribution in [0.25, 0.3) is 5.65 Å². The van der Waals surface area contributed by atoms with Gasteiger partial charge in [0.1, 0.15) is 11.3 Å². The van der Waals surface area contributed by atoms with Gasteiger partial charge in [0, 0.05) is 38.4 Å². The van der Waals surface area contributed by atoms with Crippen molar-refractivity contribution < 1.29 is 13.6 Å². The van der Waals surface area contributed by atoms with Crippen molar-refractivity contribution in [2.45, 2.75) is 26.8 Å². The molecule has 29 heavy (non-hydrogen) atoms. The largest absolute Gasteiger partial charge is 0.336 e. The number of hydrogen-bond donors (Lipinski definition) is 0. The van der Waals surface area contributed by atoms with Gasteiger partial charge in [-0.3, -0.25) is 9.69 Å². The number of aryl methyl sites for hydroxylation is 2. The van der Waals surface area contributed by atoms with Crippen molar-refractivity contribution >= 4 is 11.6 Å². The van der Waals surface area contributed by atoms with Gasteiger partial charge in [0.05, 0.1) is 6.20 Å². The quantitative estimate of drug-likeness (QED) is 0.676. The Balaban J connectivity index is 1.47. The molecule has 1 aromatic carbocycles. The summed E-state index contributed by atoms with van der Waals surface area (Å²) >= 11 is 0. The van der Waals surface area contributed by atoms with Crippen molar-refractivity contribution in [2.75, 3.05) is 26.2 Å². The van der Waals surface area contributed by atoms with Gasteiger partial charge in [0.15, 0.2) is 5.65 Å². The molecule has 3 aromatic rings. The first-order valence-corrected chi connectivity index (χ1v) is 9.63. The monoisotopic (exact) mass is 399 g/mol. The Morgan fingerprint density at radius 1 is 1.14 bits per heavy atom.